The number of benzene rings is 2. The van der Waals surface area contributed by atoms with E-state index in [4.69, 9.17) is 33.7 Å². The summed E-state index contributed by atoms with van der Waals surface area (Å²) in [5, 5.41) is 1.33. The molecule has 6 heteroatoms. The highest BCUT2D eigenvalue weighted by Crippen LogP contribution is 2.36. The standard InChI is InChI=1S/C15H9Cl2FN2O/c16-10-4-3-8(6-11(10)17)21-15-12(18)7-13(19)9-2-1-5-20-14(9)15/h1-7H,19H2. The van der Waals surface area contributed by atoms with Crippen molar-refractivity contribution in [2.24, 2.45) is 0 Å². The van der Waals surface area contributed by atoms with Crippen LogP contribution in [0.1, 0.15) is 0 Å². The number of hydrogen-bond acceptors (Lipinski definition) is 3. The van der Waals surface area contributed by atoms with Gasteiger partial charge in [-0.2, -0.15) is 0 Å². The number of ether oxygens (including phenoxy) is 1. The zero-order chi connectivity index (χ0) is 15.0. The summed E-state index contributed by atoms with van der Waals surface area (Å²) < 4.78 is 19.7. The van der Waals surface area contributed by atoms with Gasteiger partial charge in [-0.25, -0.2) is 4.39 Å². The number of rotatable bonds is 2. The maximum atomic E-state index is 14.1. The third kappa shape index (κ3) is 2.60. The molecular formula is C15H9Cl2FN2O. The fourth-order valence-corrected chi connectivity index (χ4v) is 2.26. The summed E-state index contributed by atoms with van der Waals surface area (Å²) in [5.41, 5.74) is 6.44. The number of hydrogen-bond donors (Lipinski definition) is 1. The normalized spacial score (nSPS) is 10.8. The second-order valence-electron chi connectivity index (χ2n) is 4.35. The third-order valence-electron chi connectivity index (χ3n) is 2.94. The molecule has 0 aliphatic carbocycles. The second-order valence-corrected chi connectivity index (χ2v) is 5.17. The number of halogens is 3. The molecule has 3 nitrogen and oxygen atoms in total. The van der Waals surface area contributed by atoms with Gasteiger partial charge in [0.25, 0.3) is 0 Å². The molecule has 0 saturated carbocycles. The predicted molar refractivity (Wildman–Crippen MR) is 82.6 cm³/mol. The Bertz CT molecular complexity index is 839. The number of pyridine rings is 1. The molecule has 0 aliphatic heterocycles. The number of nitrogens with two attached hydrogens (primary N) is 1. The highest BCUT2D eigenvalue weighted by atomic mass is 35.5. The fraction of sp³-hybridized carbons (Fsp3) is 0. The molecule has 0 saturated heterocycles. The fourth-order valence-electron chi connectivity index (χ4n) is 1.97. The van der Waals surface area contributed by atoms with Gasteiger partial charge in [-0.05, 0) is 24.3 Å². The molecule has 21 heavy (non-hydrogen) atoms. The summed E-state index contributed by atoms with van der Waals surface area (Å²) >= 11 is 11.8. The zero-order valence-electron chi connectivity index (χ0n) is 10.6. The van der Waals surface area contributed by atoms with Crippen LogP contribution >= 0.6 is 23.2 Å². The molecule has 0 fully saturated rings. The molecule has 0 atom stereocenters. The van der Waals surface area contributed by atoms with Crippen molar-refractivity contribution >= 4 is 39.8 Å². The van der Waals surface area contributed by atoms with Crippen LogP contribution in [0.25, 0.3) is 10.9 Å². The van der Waals surface area contributed by atoms with Crippen molar-refractivity contribution in [3.8, 4) is 11.5 Å². The van der Waals surface area contributed by atoms with Gasteiger partial charge in [-0.3, -0.25) is 4.98 Å². The maximum Gasteiger partial charge on any atom is 0.189 e. The van der Waals surface area contributed by atoms with Crippen LogP contribution in [0.15, 0.2) is 42.6 Å². The SMILES string of the molecule is Nc1cc(F)c(Oc2ccc(Cl)c(Cl)c2)c2ncccc12. The van der Waals surface area contributed by atoms with Crippen LogP contribution in [0.5, 0.6) is 11.5 Å². The van der Waals surface area contributed by atoms with Crippen molar-refractivity contribution in [1.82, 2.24) is 4.98 Å². The molecule has 0 unspecified atom stereocenters. The van der Waals surface area contributed by atoms with E-state index in [1.165, 1.54) is 12.1 Å². The average molecular weight is 323 g/mol. The van der Waals surface area contributed by atoms with E-state index in [1.807, 2.05) is 0 Å². The van der Waals surface area contributed by atoms with Gasteiger partial charge in [0, 0.05) is 29.4 Å². The molecule has 1 heterocycles. The number of anilines is 1. The first-order valence-electron chi connectivity index (χ1n) is 6.02. The smallest absolute Gasteiger partial charge is 0.189 e. The van der Waals surface area contributed by atoms with E-state index in [9.17, 15) is 4.39 Å². The molecule has 0 spiro atoms. The minimum Gasteiger partial charge on any atom is -0.452 e. The van der Waals surface area contributed by atoms with E-state index >= 15 is 0 Å². The zero-order valence-corrected chi connectivity index (χ0v) is 12.1. The lowest BCUT2D eigenvalue weighted by atomic mass is 10.1. The van der Waals surface area contributed by atoms with Gasteiger partial charge in [0.1, 0.15) is 11.3 Å². The Morgan fingerprint density at radius 1 is 1.10 bits per heavy atom. The molecule has 0 amide bonds. The Labute approximate surface area is 130 Å². The molecule has 3 rings (SSSR count). The van der Waals surface area contributed by atoms with Crippen molar-refractivity contribution in [3.63, 3.8) is 0 Å². The van der Waals surface area contributed by atoms with Crippen molar-refractivity contribution < 1.29 is 9.13 Å². The van der Waals surface area contributed by atoms with Crippen LogP contribution in [0.2, 0.25) is 10.0 Å². The molecule has 0 aliphatic rings. The summed E-state index contributed by atoms with van der Waals surface area (Å²) in [4.78, 5) is 4.13. The second kappa shape index (κ2) is 5.39. The van der Waals surface area contributed by atoms with E-state index in [0.717, 1.165) is 0 Å². The molecule has 1 aromatic heterocycles. The Morgan fingerprint density at radius 3 is 2.67 bits per heavy atom. The minimum atomic E-state index is -0.593. The van der Waals surface area contributed by atoms with Gasteiger partial charge in [-0.15, -0.1) is 0 Å². The summed E-state index contributed by atoms with van der Waals surface area (Å²) in [5.74, 6) is -0.233. The molecular weight excluding hydrogens is 314 g/mol. The Balaban J connectivity index is 2.14. The Morgan fingerprint density at radius 2 is 1.90 bits per heavy atom. The lowest BCUT2D eigenvalue weighted by molar-refractivity contribution is 0.447. The van der Waals surface area contributed by atoms with Gasteiger partial charge in [-0.1, -0.05) is 23.2 Å². The van der Waals surface area contributed by atoms with E-state index in [0.29, 0.717) is 32.4 Å². The van der Waals surface area contributed by atoms with Crippen molar-refractivity contribution in [1.29, 1.82) is 0 Å². The predicted octanol–water partition coefficient (Wildman–Crippen LogP) is 5.06. The van der Waals surface area contributed by atoms with Crippen LogP contribution in [0, 0.1) is 5.82 Å². The summed E-state index contributed by atoms with van der Waals surface area (Å²) in [6, 6.07) is 9.35. The van der Waals surface area contributed by atoms with Crippen LogP contribution in [0.3, 0.4) is 0 Å². The average Bonchev–Trinajstić information content (AvgIpc) is 2.47. The molecule has 0 bridgehead atoms. The van der Waals surface area contributed by atoms with Crippen LogP contribution in [0.4, 0.5) is 10.1 Å². The first-order chi connectivity index (χ1) is 10.1. The van der Waals surface area contributed by atoms with Crippen molar-refractivity contribution in [2.45, 2.75) is 0 Å². The first kappa shape index (κ1) is 13.9. The summed E-state index contributed by atoms with van der Waals surface area (Å²) in [6.45, 7) is 0. The third-order valence-corrected chi connectivity index (χ3v) is 3.68. The number of fused-ring (bicyclic) bond motifs is 1. The van der Waals surface area contributed by atoms with Crippen LogP contribution < -0.4 is 10.5 Å². The quantitative estimate of drug-likeness (QED) is 0.671. The highest BCUT2D eigenvalue weighted by molar-refractivity contribution is 6.42. The van der Waals surface area contributed by atoms with Gasteiger partial charge in [0.2, 0.25) is 0 Å². The van der Waals surface area contributed by atoms with Crippen LogP contribution in [-0.2, 0) is 0 Å². The topological polar surface area (TPSA) is 48.1 Å². The lowest BCUT2D eigenvalue weighted by Crippen LogP contribution is -1.96. The van der Waals surface area contributed by atoms with E-state index in [1.54, 1.807) is 30.5 Å². The van der Waals surface area contributed by atoms with E-state index in [-0.39, 0.29) is 5.75 Å². The van der Waals surface area contributed by atoms with E-state index < -0.39 is 5.82 Å². The van der Waals surface area contributed by atoms with Gasteiger partial charge in [0.05, 0.1) is 10.0 Å². The monoisotopic (exact) mass is 322 g/mol. The van der Waals surface area contributed by atoms with Gasteiger partial charge >= 0.3 is 0 Å². The minimum absolute atomic E-state index is 0.00168. The molecule has 3 aromatic rings. The Kier molecular flexibility index (Phi) is 3.57. The molecule has 106 valence electrons. The Hall–Kier alpha value is -2.04. The van der Waals surface area contributed by atoms with Gasteiger partial charge < -0.3 is 10.5 Å². The molecule has 0 radical (unpaired) electrons. The molecule has 2 N–H and O–H groups in total. The lowest BCUT2D eigenvalue weighted by Gasteiger charge is -2.11. The summed E-state index contributed by atoms with van der Waals surface area (Å²) in [6.07, 6.45) is 1.54. The van der Waals surface area contributed by atoms with Crippen LogP contribution in [-0.4, -0.2) is 4.98 Å². The van der Waals surface area contributed by atoms with E-state index in [2.05, 4.69) is 4.98 Å². The summed E-state index contributed by atoms with van der Waals surface area (Å²) in [7, 11) is 0. The maximum absolute atomic E-state index is 14.1. The number of nitrogens with zero attached hydrogens (tertiary/aromatic N) is 1. The highest BCUT2D eigenvalue weighted by Gasteiger charge is 2.14. The van der Waals surface area contributed by atoms with Crippen molar-refractivity contribution in [3.05, 3.63) is 58.5 Å². The number of nitrogen functional groups attached to an aromatic ring is 1. The first-order valence-corrected chi connectivity index (χ1v) is 6.77. The van der Waals surface area contributed by atoms with Gasteiger partial charge in [0.15, 0.2) is 11.6 Å². The van der Waals surface area contributed by atoms with Crippen molar-refractivity contribution in [2.75, 3.05) is 5.73 Å². The largest absolute Gasteiger partial charge is 0.452 e. The number of aromatic nitrogens is 1. The molecule has 2 aromatic carbocycles.